The molecule has 0 aliphatic carbocycles. The van der Waals surface area contributed by atoms with Gasteiger partial charge in [-0.25, -0.2) is 9.97 Å². The van der Waals surface area contributed by atoms with Crippen LogP contribution in [0.25, 0.3) is 0 Å². The number of aromatic nitrogens is 2. The zero-order valence-corrected chi connectivity index (χ0v) is 12.4. The first kappa shape index (κ1) is 14.6. The maximum Gasteiger partial charge on any atom is 0.257 e. The SMILES string of the molecule is c1ccc(OCCOc2nccnc2N2CCNCC2)cc1. The molecule has 0 unspecified atom stereocenters. The zero-order chi connectivity index (χ0) is 15.0. The third kappa shape index (κ3) is 3.85. The Morgan fingerprint density at radius 3 is 2.50 bits per heavy atom. The number of benzene rings is 1. The second-order valence-corrected chi connectivity index (χ2v) is 4.93. The molecule has 3 rings (SSSR count). The highest BCUT2D eigenvalue weighted by atomic mass is 16.5. The maximum absolute atomic E-state index is 5.75. The topological polar surface area (TPSA) is 59.5 Å². The minimum atomic E-state index is 0.437. The van der Waals surface area contributed by atoms with Crippen LogP contribution in [0, 0.1) is 0 Å². The number of anilines is 1. The van der Waals surface area contributed by atoms with Gasteiger partial charge in [0.05, 0.1) is 0 Å². The van der Waals surface area contributed by atoms with Gasteiger partial charge in [0.25, 0.3) is 5.88 Å². The van der Waals surface area contributed by atoms with E-state index in [1.807, 2.05) is 30.3 Å². The van der Waals surface area contributed by atoms with Gasteiger partial charge in [0.1, 0.15) is 19.0 Å². The first-order chi connectivity index (χ1) is 10.9. The molecule has 6 nitrogen and oxygen atoms in total. The molecule has 1 fully saturated rings. The molecule has 2 aromatic rings. The molecule has 1 N–H and O–H groups in total. The van der Waals surface area contributed by atoms with Crippen LogP contribution in [0.4, 0.5) is 5.82 Å². The Morgan fingerprint density at radius 2 is 1.68 bits per heavy atom. The van der Waals surface area contributed by atoms with Crippen molar-refractivity contribution in [1.29, 1.82) is 0 Å². The first-order valence-corrected chi connectivity index (χ1v) is 7.51. The van der Waals surface area contributed by atoms with E-state index >= 15 is 0 Å². The average molecular weight is 300 g/mol. The molecule has 1 aliphatic rings. The number of nitrogens with zero attached hydrogens (tertiary/aromatic N) is 3. The summed E-state index contributed by atoms with van der Waals surface area (Å²) in [5, 5.41) is 3.32. The third-order valence-electron chi connectivity index (χ3n) is 3.40. The lowest BCUT2D eigenvalue weighted by molar-refractivity contribution is 0.211. The van der Waals surface area contributed by atoms with E-state index in [2.05, 4.69) is 20.2 Å². The first-order valence-electron chi connectivity index (χ1n) is 7.51. The minimum Gasteiger partial charge on any atom is -0.490 e. The number of para-hydroxylation sites is 1. The molecule has 116 valence electrons. The van der Waals surface area contributed by atoms with E-state index in [1.54, 1.807) is 12.4 Å². The van der Waals surface area contributed by atoms with E-state index < -0.39 is 0 Å². The van der Waals surface area contributed by atoms with Crippen LogP contribution in [0.15, 0.2) is 42.7 Å². The Hall–Kier alpha value is -2.34. The van der Waals surface area contributed by atoms with E-state index in [-0.39, 0.29) is 0 Å². The number of nitrogens with one attached hydrogen (secondary N) is 1. The van der Waals surface area contributed by atoms with Gasteiger partial charge in [-0.1, -0.05) is 18.2 Å². The van der Waals surface area contributed by atoms with Crippen LogP contribution < -0.4 is 19.7 Å². The second kappa shape index (κ2) is 7.61. The lowest BCUT2D eigenvalue weighted by atomic mass is 10.3. The summed E-state index contributed by atoms with van der Waals surface area (Å²) < 4.78 is 11.4. The summed E-state index contributed by atoms with van der Waals surface area (Å²) in [6, 6.07) is 9.70. The Balaban J connectivity index is 1.53. The largest absolute Gasteiger partial charge is 0.490 e. The summed E-state index contributed by atoms with van der Waals surface area (Å²) in [7, 11) is 0. The van der Waals surface area contributed by atoms with Crippen LogP contribution in [0.5, 0.6) is 11.6 Å². The molecule has 0 bridgehead atoms. The number of piperazine rings is 1. The van der Waals surface area contributed by atoms with E-state index in [9.17, 15) is 0 Å². The molecule has 0 saturated carbocycles. The van der Waals surface area contributed by atoms with Gasteiger partial charge in [0.15, 0.2) is 5.82 Å². The predicted octanol–water partition coefficient (Wildman–Crippen LogP) is 1.34. The number of hydrogen-bond donors (Lipinski definition) is 1. The van der Waals surface area contributed by atoms with Crippen LogP contribution >= 0.6 is 0 Å². The van der Waals surface area contributed by atoms with Gasteiger partial charge in [-0.2, -0.15) is 0 Å². The molecular formula is C16H20N4O2. The summed E-state index contributed by atoms with van der Waals surface area (Å²) in [6.45, 7) is 4.64. The number of ether oxygens (including phenoxy) is 2. The fraction of sp³-hybridized carbons (Fsp3) is 0.375. The van der Waals surface area contributed by atoms with Crippen LogP contribution in [0.2, 0.25) is 0 Å². The summed E-state index contributed by atoms with van der Waals surface area (Å²) in [4.78, 5) is 10.9. The smallest absolute Gasteiger partial charge is 0.257 e. The monoisotopic (exact) mass is 300 g/mol. The van der Waals surface area contributed by atoms with Gasteiger partial charge < -0.3 is 19.7 Å². The van der Waals surface area contributed by atoms with Gasteiger partial charge in [-0.15, -0.1) is 0 Å². The molecule has 0 radical (unpaired) electrons. The fourth-order valence-corrected chi connectivity index (χ4v) is 2.33. The fourth-order valence-electron chi connectivity index (χ4n) is 2.33. The Bertz CT molecular complexity index is 573. The summed E-state index contributed by atoms with van der Waals surface area (Å²) in [5.41, 5.74) is 0. The molecular weight excluding hydrogens is 280 g/mol. The minimum absolute atomic E-state index is 0.437. The lowest BCUT2D eigenvalue weighted by Gasteiger charge is -2.28. The average Bonchev–Trinajstić information content (AvgIpc) is 2.61. The van der Waals surface area contributed by atoms with Crippen molar-refractivity contribution in [3.63, 3.8) is 0 Å². The molecule has 1 aromatic heterocycles. The standard InChI is InChI=1S/C16H20N4O2/c1-2-4-14(5-3-1)21-12-13-22-16-15(18-6-7-19-16)20-10-8-17-9-11-20/h1-7,17H,8-13H2. The highest BCUT2D eigenvalue weighted by molar-refractivity contribution is 5.48. The lowest BCUT2D eigenvalue weighted by Crippen LogP contribution is -2.44. The molecule has 0 spiro atoms. The molecule has 1 saturated heterocycles. The molecule has 6 heteroatoms. The van der Waals surface area contributed by atoms with Crippen molar-refractivity contribution in [2.24, 2.45) is 0 Å². The van der Waals surface area contributed by atoms with Crippen LogP contribution in [-0.4, -0.2) is 49.4 Å². The number of hydrogen-bond acceptors (Lipinski definition) is 6. The van der Waals surface area contributed by atoms with Crippen LogP contribution in [0.1, 0.15) is 0 Å². The van der Waals surface area contributed by atoms with Crippen LogP contribution in [-0.2, 0) is 0 Å². The van der Waals surface area contributed by atoms with Crippen molar-refractivity contribution in [2.75, 3.05) is 44.3 Å². The Kier molecular flexibility index (Phi) is 5.04. The number of rotatable bonds is 6. The van der Waals surface area contributed by atoms with Gasteiger partial charge in [-0.05, 0) is 12.1 Å². The van der Waals surface area contributed by atoms with E-state index in [1.165, 1.54) is 0 Å². The maximum atomic E-state index is 5.75. The summed E-state index contributed by atoms with van der Waals surface area (Å²) >= 11 is 0. The van der Waals surface area contributed by atoms with Gasteiger partial charge in [-0.3, -0.25) is 0 Å². The van der Waals surface area contributed by atoms with Crippen molar-refractivity contribution < 1.29 is 9.47 Å². The highest BCUT2D eigenvalue weighted by Gasteiger charge is 2.17. The van der Waals surface area contributed by atoms with E-state index in [0.717, 1.165) is 37.7 Å². The molecule has 0 amide bonds. The van der Waals surface area contributed by atoms with Crippen molar-refractivity contribution in [3.05, 3.63) is 42.7 Å². The summed E-state index contributed by atoms with van der Waals surface area (Å²) in [5.74, 6) is 2.22. The van der Waals surface area contributed by atoms with Gasteiger partial charge in [0.2, 0.25) is 0 Å². The van der Waals surface area contributed by atoms with Crippen molar-refractivity contribution in [1.82, 2.24) is 15.3 Å². The second-order valence-electron chi connectivity index (χ2n) is 4.93. The van der Waals surface area contributed by atoms with Crippen LogP contribution in [0.3, 0.4) is 0 Å². The molecule has 22 heavy (non-hydrogen) atoms. The van der Waals surface area contributed by atoms with Gasteiger partial charge in [0, 0.05) is 38.6 Å². The van der Waals surface area contributed by atoms with E-state index in [0.29, 0.717) is 19.1 Å². The quantitative estimate of drug-likeness (QED) is 0.813. The zero-order valence-electron chi connectivity index (χ0n) is 12.4. The molecule has 1 aliphatic heterocycles. The normalized spacial score (nSPS) is 14.6. The molecule has 0 atom stereocenters. The van der Waals surface area contributed by atoms with Crippen molar-refractivity contribution >= 4 is 5.82 Å². The van der Waals surface area contributed by atoms with Crippen molar-refractivity contribution in [3.8, 4) is 11.6 Å². The Labute approximate surface area is 130 Å². The molecule has 1 aromatic carbocycles. The summed E-state index contributed by atoms with van der Waals surface area (Å²) in [6.07, 6.45) is 3.35. The van der Waals surface area contributed by atoms with Gasteiger partial charge >= 0.3 is 0 Å². The Morgan fingerprint density at radius 1 is 0.955 bits per heavy atom. The highest BCUT2D eigenvalue weighted by Crippen LogP contribution is 2.22. The van der Waals surface area contributed by atoms with E-state index in [4.69, 9.17) is 9.47 Å². The third-order valence-corrected chi connectivity index (χ3v) is 3.40. The van der Waals surface area contributed by atoms with Crippen molar-refractivity contribution in [2.45, 2.75) is 0 Å². The molecule has 2 heterocycles. The predicted molar refractivity (Wildman–Crippen MR) is 84.5 cm³/mol.